The van der Waals surface area contributed by atoms with Crippen LogP contribution in [0.5, 0.6) is 0 Å². The summed E-state index contributed by atoms with van der Waals surface area (Å²) in [7, 11) is 1.83. The lowest BCUT2D eigenvalue weighted by molar-refractivity contribution is 0.768. The van der Waals surface area contributed by atoms with Crippen molar-refractivity contribution in [2.75, 3.05) is 0 Å². The summed E-state index contributed by atoms with van der Waals surface area (Å²) < 4.78 is 2.48. The minimum Gasteiger partial charge on any atom is -0.255 e. The van der Waals surface area contributed by atoms with E-state index in [4.69, 9.17) is 11.6 Å². The van der Waals surface area contributed by atoms with Crippen LogP contribution in [0.3, 0.4) is 0 Å². The summed E-state index contributed by atoms with van der Waals surface area (Å²) in [5.74, 6) is 0.668. The SMILES string of the molecule is Cn1cnc(-c2cccc(Cl)c2Br)n1. The molecule has 0 bridgehead atoms. The first-order valence-electron chi connectivity index (χ1n) is 3.98. The van der Waals surface area contributed by atoms with Crippen molar-refractivity contribution < 1.29 is 0 Å². The van der Waals surface area contributed by atoms with Crippen LogP contribution in [0.15, 0.2) is 29.0 Å². The second-order valence-corrected chi connectivity index (χ2v) is 4.04. The predicted octanol–water partition coefficient (Wildman–Crippen LogP) is 2.90. The lowest BCUT2D eigenvalue weighted by Gasteiger charge is -2.00. The van der Waals surface area contributed by atoms with Crippen LogP contribution in [-0.4, -0.2) is 14.8 Å². The average molecular weight is 273 g/mol. The van der Waals surface area contributed by atoms with Crippen molar-refractivity contribution in [3.05, 3.63) is 34.0 Å². The van der Waals surface area contributed by atoms with Gasteiger partial charge in [-0.05, 0) is 28.1 Å². The Labute approximate surface area is 94.9 Å². The van der Waals surface area contributed by atoms with E-state index in [1.54, 1.807) is 11.0 Å². The Kier molecular flexibility index (Phi) is 2.56. The first kappa shape index (κ1) is 9.68. The first-order chi connectivity index (χ1) is 6.68. The molecule has 0 fully saturated rings. The normalized spacial score (nSPS) is 10.5. The highest BCUT2D eigenvalue weighted by molar-refractivity contribution is 9.10. The van der Waals surface area contributed by atoms with Gasteiger partial charge < -0.3 is 0 Å². The van der Waals surface area contributed by atoms with Crippen molar-refractivity contribution in [1.82, 2.24) is 14.8 Å². The fourth-order valence-corrected chi connectivity index (χ4v) is 1.76. The van der Waals surface area contributed by atoms with Crippen LogP contribution >= 0.6 is 27.5 Å². The molecule has 0 aliphatic heterocycles. The van der Waals surface area contributed by atoms with E-state index in [0.717, 1.165) is 10.0 Å². The van der Waals surface area contributed by atoms with Gasteiger partial charge in [-0.3, -0.25) is 4.68 Å². The van der Waals surface area contributed by atoms with Crippen LogP contribution in [-0.2, 0) is 7.05 Å². The van der Waals surface area contributed by atoms with Gasteiger partial charge in [-0.1, -0.05) is 17.7 Å². The Morgan fingerprint density at radius 2 is 2.21 bits per heavy atom. The van der Waals surface area contributed by atoms with Crippen molar-refractivity contribution >= 4 is 27.5 Å². The van der Waals surface area contributed by atoms with Crippen LogP contribution in [0, 0.1) is 0 Å². The quantitative estimate of drug-likeness (QED) is 0.799. The van der Waals surface area contributed by atoms with Gasteiger partial charge >= 0.3 is 0 Å². The van der Waals surface area contributed by atoms with Gasteiger partial charge in [-0.15, -0.1) is 0 Å². The molecule has 0 unspecified atom stereocenters. The molecular weight excluding hydrogens is 265 g/mol. The maximum atomic E-state index is 5.96. The van der Waals surface area contributed by atoms with Crippen LogP contribution < -0.4 is 0 Å². The Balaban J connectivity index is 2.57. The van der Waals surface area contributed by atoms with E-state index in [2.05, 4.69) is 26.0 Å². The van der Waals surface area contributed by atoms with E-state index in [9.17, 15) is 0 Å². The molecule has 0 aliphatic carbocycles. The molecule has 0 atom stereocenters. The highest BCUT2D eigenvalue weighted by Gasteiger charge is 2.09. The molecule has 14 heavy (non-hydrogen) atoms. The van der Waals surface area contributed by atoms with Crippen molar-refractivity contribution in [2.24, 2.45) is 7.05 Å². The number of hydrogen-bond acceptors (Lipinski definition) is 2. The summed E-state index contributed by atoms with van der Waals surface area (Å²) in [5.41, 5.74) is 0.901. The van der Waals surface area contributed by atoms with Crippen LogP contribution in [0.4, 0.5) is 0 Å². The van der Waals surface area contributed by atoms with Crippen molar-refractivity contribution in [3.8, 4) is 11.4 Å². The number of halogens is 2. The van der Waals surface area contributed by atoms with Crippen LogP contribution in [0.25, 0.3) is 11.4 Å². The zero-order chi connectivity index (χ0) is 10.1. The van der Waals surface area contributed by atoms with Gasteiger partial charge in [0.05, 0.1) is 5.02 Å². The standard InChI is InChI=1S/C9H7BrClN3/c1-14-5-12-9(13-14)6-3-2-4-7(11)8(6)10/h2-5H,1H3. The number of rotatable bonds is 1. The third-order valence-electron chi connectivity index (χ3n) is 1.79. The Morgan fingerprint density at radius 1 is 1.43 bits per heavy atom. The number of benzene rings is 1. The van der Waals surface area contributed by atoms with Crippen molar-refractivity contribution in [1.29, 1.82) is 0 Å². The fourth-order valence-electron chi connectivity index (χ4n) is 1.14. The van der Waals surface area contributed by atoms with E-state index in [-0.39, 0.29) is 0 Å². The first-order valence-corrected chi connectivity index (χ1v) is 5.15. The number of aryl methyl sites for hydroxylation is 1. The minimum absolute atomic E-state index is 0.662. The highest BCUT2D eigenvalue weighted by atomic mass is 79.9. The van der Waals surface area contributed by atoms with E-state index < -0.39 is 0 Å². The van der Waals surface area contributed by atoms with Crippen LogP contribution in [0.1, 0.15) is 0 Å². The Hall–Kier alpha value is -0.870. The summed E-state index contributed by atoms with van der Waals surface area (Å²) in [4.78, 5) is 4.15. The third-order valence-corrected chi connectivity index (χ3v) is 3.19. The fraction of sp³-hybridized carbons (Fsp3) is 0.111. The van der Waals surface area contributed by atoms with Gasteiger partial charge in [-0.25, -0.2) is 4.98 Å². The second-order valence-electron chi connectivity index (χ2n) is 2.84. The molecule has 72 valence electrons. The van der Waals surface area contributed by atoms with Gasteiger partial charge in [0.1, 0.15) is 6.33 Å². The maximum Gasteiger partial charge on any atom is 0.182 e. The monoisotopic (exact) mass is 271 g/mol. The molecule has 0 aliphatic rings. The van der Waals surface area contributed by atoms with E-state index >= 15 is 0 Å². The molecule has 0 N–H and O–H groups in total. The topological polar surface area (TPSA) is 30.7 Å². The smallest absolute Gasteiger partial charge is 0.182 e. The zero-order valence-corrected chi connectivity index (χ0v) is 9.75. The summed E-state index contributed by atoms with van der Waals surface area (Å²) in [5, 5.41) is 4.86. The molecule has 1 aromatic heterocycles. The second kappa shape index (κ2) is 3.71. The molecule has 0 amide bonds. The molecule has 0 saturated carbocycles. The molecule has 1 heterocycles. The molecule has 0 radical (unpaired) electrons. The molecular formula is C9H7BrClN3. The Morgan fingerprint density at radius 3 is 2.86 bits per heavy atom. The number of nitrogens with zero attached hydrogens (tertiary/aromatic N) is 3. The van der Waals surface area contributed by atoms with E-state index in [1.165, 1.54) is 0 Å². The molecule has 1 aromatic carbocycles. The lowest BCUT2D eigenvalue weighted by atomic mass is 10.2. The minimum atomic E-state index is 0.662. The highest BCUT2D eigenvalue weighted by Crippen LogP contribution is 2.31. The molecule has 5 heteroatoms. The van der Waals surface area contributed by atoms with Gasteiger partial charge in [0.2, 0.25) is 0 Å². The van der Waals surface area contributed by atoms with E-state index in [1.807, 2.05) is 25.2 Å². The maximum absolute atomic E-state index is 5.96. The summed E-state index contributed by atoms with van der Waals surface area (Å²) in [6, 6.07) is 5.61. The van der Waals surface area contributed by atoms with E-state index in [0.29, 0.717) is 10.8 Å². The molecule has 0 spiro atoms. The molecule has 2 rings (SSSR count). The third kappa shape index (κ3) is 1.67. The molecule has 0 saturated heterocycles. The lowest BCUT2D eigenvalue weighted by Crippen LogP contribution is -1.88. The number of aromatic nitrogens is 3. The summed E-state index contributed by atoms with van der Waals surface area (Å²) in [6.45, 7) is 0. The molecule has 2 aromatic rings. The van der Waals surface area contributed by atoms with Gasteiger partial charge in [-0.2, -0.15) is 5.10 Å². The average Bonchev–Trinajstić information content (AvgIpc) is 2.57. The molecule has 3 nitrogen and oxygen atoms in total. The zero-order valence-electron chi connectivity index (χ0n) is 7.41. The van der Waals surface area contributed by atoms with Gasteiger partial charge in [0.25, 0.3) is 0 Å². The van der Waals surface area contributed by atoms with Gasteiger partial charge in [0, 0.05) is 17.1 Å². The Bertz CT molecular complexity index is 467. The largest absolute Gasteiger partial charge is 0.255 e. The predicted molar refractivity (Wildman–Crippen MR) is 59.1 cm³/mol. The number of hydrogen-bond donors (Lipinski definition) is 0. The van der Waals surface area contributed by atoms with Crippen molar-refractivity contribution in [2.45, 2.75) is 0 Å². The summed E-state index contributed by atoms with van der Waals surface area (Å²) in [6.07, 6.45) is 1.66. The summed E-state index contributed by atoms with van der Waals surface area (Å²) >= 11 is 9.37. The van der Waals surface area contributed by atoms with Crippen LogP contribution in [0.2, 0.25) is 5.02 Å². The van der Waals surface area contributed by atoms with Crippen molar-refractivity contribution in [3.63, 3.8) is 0 Å². The van der Waals surface area contributed by atoms with Gasteiger partial charge in [0.15, 0.2) is 5.82 Å².